The number of amides is 4. The summed E-state index contributed by atoms with van der Waals surface area (Å²) in [5.41, 5.74) is 6.57. The van der Waals surface area contributed by atoms with Crippen molar-refractivity contribution in [2.75, 3.05) is 31.1 Å². The second kappa shape index (κ2) is 19.5. The lowest BCUT2D eigenvalue weighted by atomic mass is 9.92. The number of benzene rings is 2. The van der Waals surface area contributed by atoms with Gasteiger partial charge in [-0.05, 0) is 94.1 Å². The van der Waals surface area contributed by atoms with E-state index in [1.807, 2.05) is 52.0 Å². The standard InChI is InChI=1S/C39H46FN5O8/c1-23(2)12-14-45(39(51)53-37(19-38(49)50)44-35(48)22-42-34(47)21-41-27(7)46)29-9-10-30(33(40)18-29)32-17-25(5)31(16-26(32)6)28-8-11-36(43-20-28)52-15-13-24(3)4/h8-13,16-18,20,37H,14-15,19,21-22H2,1-7H3,(H,41,46)(H,42,47)(H,44,48)(H,49,50). The Hall–Kier alpha value is -6.05. The normalized spacial score (nSPS) is 11.0. The summed E-state index contributed by atoms with van der Waals surface area (Å²) in [5.74, 6) is -3.44. The lowest BCUT2D eigenvalue weighted by molar-refractivity contribution is -0.140. The minimum absolute atomic E-state index is 0.0491. The van der Waals surface area contributed by atoms with Crippen molar-refractivity contribution < 1.29 is 42.9 Å². The molecule has 0 fully saturated rings. The van der Waals surface area contributed by atoms with Gasteiger partial charge in [-0.1, -0.05) is 29.4 Å². The van der Waals surface area contributed by atoms with E-state index in [4.69, 9.17) is 9.47 Å². The molecular formula is C39H46FN5O8. The largest absolute Gasteiger partial charge is 0.481 e. The second-order valence-electron chi connectivity index (χ2n) is 12.7. The van der Waals surface area contributed by atoms with Crippen LogP contribution in [-0.2, 0) is 23.9 Å². The van der Waals surface area contributed by atoms with Crippen molar-refractivity contribution in [1.29, 1.82) is 0 Å². The van der Waals surface area contributed by atoms with Gasteiger partial charge in [0.25, 0.3) is 0 Å². The van der Waals surface area contributed by atoms with Gasteiger partial charge in [-0.15, -0.1) is 0 Å². The molecular weight excluding hydrogens is 685 g/mol. The number of carboxylic acids is 1. The monoisotopic (exact) mass is 731 g/mol. The third-order valence-corrected chi connectivity index (χ3v) is 7.67. The Morgan fingerprint density at radius 3 is 2.11 bits per heavy atom. The maximum absolute atomic E-state index is 15.9. The number of hydrogen-bond donors (Lipinski definition) is 4. The van der Waals surface area contributed by atoms with E-state index in [9.17, 15) is 29.1 Å². The SMILES string of the molecule is CC(=O)NCC(=O)NCC(=O)NC(CC(=O)O)OC(=O)N(CC=C(C)C)c1ccc(-c2cc(C)c(-c3ccc(OCC=C(C)C)nc3)cc2C)c(F)c1. The highest BCUT2D eigenvalue weighted by atomic mass is 19.1. The number of nitrogens with zero attached hydrogens (tertiary/aromatic N) is 2. The smallest absolute Gasteiger partial charge is 0.416 e. The summed E-state index contributed by atoms with van der Waals surface area (Å²) in [6, 6.07) is 11.9. The molecule has 53 heavy (non-hydrogen) atoms. The Labute approximate surface area is 308 Å². The molecule has 282 valence electrons. The van der Waals surface area contributed by atoms with E-state index in [0.29, 0.717) is 23.6 Å². The fourth-order valence-corrected chi connectivity index (χ4v) is 4.93. The van der Waals surface area contributed by atoms with E-state index in [1.54, 1.807) is 44.3 Å². The van der Waals surface area contributed by atoms with Crippen LogP contribution in [0.4, 0.5) is 14.9 Å². The average molecular weight is 732 g/mol. The number of hydrogen-bond acceptors (Lipinski definition) is 8. The molecule has 0 radical (unpaired) electrons. The fraction of sp³-hybridized carbons (Fsp3) is 0.333. The van der Waals surface area contributed by atoms with E-state index in [2.05, 4.69) is 20.9 Å². The zero-order valence-electron chi connectivity index (χ0n) is 31.0. The molecule has 1 heterocycles. The summed E-state index contributed by atoms with van der Waals surface area (Å²) in [5, 5.41) is 16.2. The van der Waals surface area contributed by atoms with Gasteiger partial charge in [-0.2, -0.15) is 0 Å². The Balaban J connectivity index is 1.82. The van der Waals surface area contributed by atoms with Crippen LogP contribution in [0.1, 0.15) is 52.2 Å². The van der Waals surface area contributed by atoms with Crippen LogP contribution in [0.15, 0.2) is 72.0 Å². The third kappa shape index (κ3) is 13.2. The van der Waals surface area contributed by atoms with Crippen LogP contribution < -0.4 is 25.6 Å². The van der Waals surface area contributed by atoms with E-state index in [-0.39, 0.29) is 18.8 Å². The minimum Gasteiger partial charge on any atom is -0.481 e. The van der Waals surface area contributed by atoms with Gasteiger partial charge in [0.2, 0.25) is 23.6 Å². The number of allylic oxidation sites excluding steroid dienone is 2. The summed E-state index contributed by atoms with van der Waals surface area (Å²) < 4.78 is 27.0. The van der Waals surface area contributed by atoms with E-state index < -0.39 is 54.8 Å². The summed E-state index contributed by atoms with van der Waals surface area (Å²) in [6.07, 6.45) is 1.94. The highest BCUT2D eigenvalue weighted by molar-refractivity contribution is 5.90. The first kappa shape index (κ1) is 41.4. The zero-order chi connectivity index (χ0) is 39.2. The highest BCUT2D eigenvalue weighted by Crippen LogP contribution is 2.34. The summed E-state index contributed by atoms with van der Waals surface area (Å²) in [6.45, 7) is 12.1. The quantitative estimate of drug-likeness (QED) is 0.108. The number of aryl methyl sites for hydroxylation is 2. The van der Waals surface area contributed by atoms with Gasteiger partial charge in [0.1, 0.15) is 18.8 Å². The van der Waals surface area contributed by atoms with Gasteiger partial charge in [-0.25, -0.2) is 14.2 Å². The number of anilines is 1. The van der Waals surface area contributed by atoms with Gasteiger partial charge < -0.3 is 30.5 Å². The first-order chi connectivity index (χ1) is 25.0. The molecule has 1 atom stereocenters. The Morgan fingerprint density at radius 2 is 1.51 bits per heavy atom. The molecule has 1 aromatic heterocycles. The topological polar surface area (TPSA) is 176 Å². The van der Waals surface area contributed by atoms with Crippen LogP contribution in [0, 0.1) is 19.7 Å². The molecule has 0 aliphatic carbocycles. The molecule has 0 saturated carbocycles. The number of nitrogens with one attached hydrogen (secondary N) is 3. The van der Waals surface area contributed by atoms with Gasteiger partial charge in [-0.3, -0.25) is 24.1 Å². The van der Waals surface area contributed by atoms with Crippen molar-refractivity contribution in [2.24, 2.45) is 0 Å². The number of ether oxygens (including phenoxy) is 2. The van der Waals surface area contributed by atoms with Crippen LogP contribution in [0.5, 0.6) is 5.88 Å². The Bertz CT molecular complexity index is 1880. The van der Waals surface area contributed by atoms with Crippen molar-refractivity contribution in [3.8, 4) is 28.1 Å². The van der Waals surface area contributed by atoms with Crippen molar-refractivity contribution in [3.63, 3.8) is 0 Å². The summed E-state index contributed by atoms with van der Waals surface area (Å²) >= 11 is 0. The zero-order valence-corrected chi connectivity index (χ0v) is 31.0. The van der Waals surface area contributed by atoms with Crippen LogP contribution in [-0.4, -0.2) is 72.3 Å². The number of aliphatic carboxylic acids is 1. The predicted molar refractivity (Wildman–Crippen MR) is 199 cm³/mol. The minimum atomic E-state index is -1.62. The molecule has 3 aromatic rings. The molecule has 1 unspecified atom stereocenters. The van der Waals surface area contributed by atoms with Gasteiger partial charge in [0.15, 0.2) is 6.23 Å². The molecule has 0 aliphatic rings. The molecule has 0 saturated heterocycles. The first-order valence-corrected chi connectivity index (χ1v) is 16.8. The number of pyridine rings is 1. The van der Waals surface area contributed by atoms with Crippen molar-refractivity contribution in [1.82, 2.24) is 20.9 Å². The molecule has 2 aromatic carbocycles. The molecule has 0 spiro atoms. The molecule has 14 heteroatoms. The molecule has 0 aliphatic heterocycles. The highest BCUT2D eigenvalue weighted by Gasteiger charge is 2.26. The third-order valence-electron chi connectivity index (χ3n) is 7.67. The van der Waals surface area contributed by atoms with Gasteiger partial charge in [0, 0.05) is 36.9 Å². The fourth-order valence-electron chi connectivity index (χ4n) is 4.93. The van der Waals surface area contributed by atoms with Crippen LogP contribution >= 0.6 is 0 Å². The van der Waals surface area contributed by atoms with Crippen molar-refractivity contribution in [3.05, 3.63) is 88.9 Å². The second-order valence-corrected chi connectivity index (χ2v) is 12.7. The number of halogens is 1. The lowest BCUT2D eigenvalue weighted by Crippen LogP contribution is -2.47. The number of carbonyl (C=O) groups is 5. The number of carboxylic acid groups (broad SMARTS) is 1. The Kier molecular flexibility index (Phi) is 15.2. The van der Waals surface area contributed by atoms with Crippen molar-refractivity contribution >= 4 is 35.5 Å². The van der Waals surface area contributed by atoms with Crippen LogP contribution in [0.25, 0.3) is 22.3 Å². The number of rotatable bonds is 16. The summed E-state index contributed by atoms with van der Waals surface area (Å²) in [4.78, 5) is 65.8. The lowest BCUT2D eigenvalue weighted by Gasteiger charge is -2.25. The first-order valence-electron chi connectivity index (χ1n) is 16.8. The predicted octanol–water partition coefficient (Wildman–Crippen LogP) is 5.60. The number of aromatic nitrogens is 1. The molecule has 3 rings (SSSR count). The average Bonchev–Trinajstić information content (AvgIpc) is 3.07. The molecule has 4 N–H and O–H groups in total. The van der Waals surface area contributed by atoms with Crippen LogP contribution in [0.2, 0.25) is 0 Å². The van der Waals surface area contributed by atoms with E-state index in [0.717, 1.165) is 38.3 Å². The Morgan fingerprint density at radius 1 is 0.849 bits per heavy atom. The molecule has 0 bridgehead atoms. The number of carbonyl (C=O) groups excluding carboxylic acids is 4. The van der Waals surface area contributed by atoms with E-state index in [1.165, 1.54) is 13.0 Å². The van der Waals surface area contributed by atoms with Gasteiger partial charge >= 0.3 is 12.1 Å². The maximum atomic E-state index is 15.9. The molecule has 13 nitrogen and oxygen atoms in total. The summed E-state index contributed by atoms with van der Waals surface area (Å²) in [7, 11) is 0. The van der Waals surface area contributed by atoms with Gasteiger partial charge in [0.05, 0.1) is 18.8 Å². The molecule has 4 amide bonds. The van der Waals surface area contributed by atoms with E-state index >= 15 is 4.39 Å². The van der Waals surface area contributed by atoms with Crippen molar-refractivity contribution in [2.45, 2.75) is 61.1 Å². The van der Waals surface area contributed by atoms with Crippen LogP contribution in [0.3, 0.4) is 0 Å². The maximum Gasteiger partial charge on any atom is 0.416 e.